The number of esters is 1. The van der Waals surface area contributed by atoms with E-state index in [4.69, 9.17) is 14.2 Å². The quantitative estimate of drug-likeness (QED) is 0.233. The molecule has 2 rings (SSSR count). The Labute approximate surface area is 186 Å². The molecule has 0 aromatic heterocycles. The van der Waals surface area contributed by atoms with Crippen LogP contribution in [0.1, 0.15) is 35.7 Å². The number of carbonyl (C=O) groups is 2. The first kappa shape index (κ1) is 25.4. The number of carbonyl (C=O) groups excluding carboxylic acids is 2. The van der Waals surface area contributed by atoms with Crippen molar-refractivity contribution >= 4 is 23.3 Å². The van der Waals surface area contributed by atoms with Crippen molar-refractivity contribution in [2.45, 2.75) is 25.9 Å². The number of hydrogen-bond donors (Lipinski definition) is 1. The Morgan fingerprint density at radius 2 is 1.85 bits per heavy atom. The Balaban J connectivity index is 2.05. The lowest BCUT2D eigenvalue weighted by Gasteiger charge is -2.14. The van der Waals surface area contributed by atoms with E-state index >= 15 is 0 Å². The number of nitro benzene ring substituents is 1. The van der Waals surface area contributed by atoms with Crippen LogP contribution in [0, 0.1) is 10.1 Å². The van der Waals surface area contributed by atoms with Gasteiger partial charge in [-0.3, -0.25) is 14.9 Å². The molecule has 0 atom stereocenters. The Morgan fingerprint density at radius 3 is 2.45 bits per heavy atom. The van der Waals surface area contributed by atoms with Crippen LogP contribution in [0.15, 0.2) is 36.4 Å². The largest absolute Gasteiger partial charge is 0.493 e. The summed E-state index contributed by atoms with van der Waals surface area (Å²) in [6.07, 6.45) is -3.20. The van der Waals surface area contributed by atoms with Crippen molar-refractivity contribution < 1.29 is 41.9 Å². The smallest absolute Gasteiger partial charge is 0.418 e. The maximum Gasteiger partial charge on any atom is 0.418 e. The molecular weight excluding hydrogens is 449 g/mol. The Hall–Kier alpha value is -3.83. The number of alkyl halides is 3. The van der Waals surface area contributed by atoms with E-state index in [1.165, 1.54) is 25.3 Å². The second-order valence-electron chi connectivity index (χ2n) is 6.68. The van der Waals surface area contributed by atoms with Gasteiger partial charge >= 0.3 is 12.1 Å². The minimum Gasteiger partial charge on any atom is -0.493 e. The topological polar surface area (TPSA) is 117 Å². The fourth-order valence-electron chi connectivity index (χ4n) is 2.63. The lowest BCUT2D eigenvalue weighted by molar-refractivity contribution is -0.385. The average Bonchev–Trinajstić information content (AvgIpc) is 2.77. The highest BCUT2D eigenvalue weighted by Gasteiger charge is 2.35. The van der Waals surface area contributed by atoms with Crippen LogP contribution >= 0.6 is 0 Å². The maximum absolute atomic E-state index is 13.2. The number of non-ortho nitro benzene ring substituents is 1. The summed E-state index contributed by atoms with van der Waals surface area (Å²) in [7, 11) is 1.38. The third-order valence-corrected chi connectivity index (χ3v) is 4.28. The van der Waals surface area contributed by atoms with Gasteiger partial charge in [0.2, 0.25) is 0 Å². The zero-order valence-corrected chi connectivity index (χ0v) is 17.7. The summed E-state index contributed by atoms with van der Waals surface area (Å²) in [6.45, 7) is 1.57. The number of amides is 1. The van der Waals surface area contributed by atoms with Gasteiger partial charge < -0.3 is 19.5 Å². The normalized spacial score (nSPS) is 10.9. The van der Waals surface area contributed by atoms with E-state index < -0.39 is 46.5 Å². The first-order valence-corrected chi connectivity index (χ1v) is 9.70. The molecule has 0 heterocycles. The Bertz CT molecular complexity index is 1030. The highest BCUT2D eigenvalue weighted by molar-refractivity contribution is 5.96. The van der Waals surface area contributed by atoms with Crippen molar-refractivity contribution in [1.29, 1.82) is 0 Å². The van der Waals surface area contributed by atoms with Crippen LogP contribution in [0.25, 0.3) is 0 Å². The number of anilines is 1. The maximum atomic E-state index is 13.2. The number of ether oxygens (including phenoxy) is 3. The SMILES string of the molecule is CCCCOc1ccc(C(=O)OCC(=O)Nc2ccc([N+](=O)[O-])cc2C(F)(F)F)cc1OC. The third-order valence-electron chi connectivity index (χ3n) is 4.28. The van der Waals surface area contributed by atoms with Gasteiger partial charge in [-0.15, -0.1) is 0 Å². The first-order valence-electron chi connectivity index (χ1n) is 9.70. The number of nitrogens with one attached hydrogen (secondary N) is 1. The van der Waals surface area contributed by atoms with Crippen LogP contribution in [-0.2, 0) is 15.7 Å². The Kier molecular flexibility index (Phi) is 8.60. The van der Waals surface area contributed by atoms with Gasteiger partial charge in [-0.2, -0.15) is 13.2 Å². The molecule has 2 aromatic carbocycles. The van der Waals surface area contributed by atoms with E-state index in [9.17, 15) is 32.9 Å². The fourth-order valence-corrected chi connectivity index (χ4v) is 2.63. The highest BCUT2D eigenvalue weighted by Crippen LogP contribution is 2.37. The Morgan fingerprint density at radius 1 is 1.12 bits per heavy atom. The van der Waals surface area contributed by atoms with Crippen LogP contribution in [-0.4, -0.2) is 37.1 Å². The summed E-state index contributed by atoms with van der Waals surface area (Å²) in [4.78, 5) is 34.0. The molecule has 0 aliphatic heterocycles. The van der Waals surface area contributed by atoms with Gasteiger partial charge in [0.05, 0.1) is 35.5 Å². The van der Waals surface area contributed by atoms with Crippen molar-refractivity contribution in [1.82, 2.24) is 0 Å². The summed E-state index contributed by atoms with van der Waals surface area (Å²) in [5.74, 6) is -1.29. The molecule has 33 heavy (non-hydrogen) atoms. The molecule has 0 spiro atoms. The second kappa shape index (κ2) is 11.2. The number of unbranched alkanes of at least 4 members (excludes halogenated alkanes) is 1. The molecule has 0 fully saturated rings. The number of methoxy groups -OCH3 is 1. The third kappa shape index (κ3) is 7.09. The standard InChI is InChI=1S/C21H21F3N2O7/c1-3-4-9-32-17-8-5-13(10-18(17)31-2)20(28)33-12-19(27)25-16-7-6-14(26(29)30)11-15(16)21(22,23)24/h5-8,10-11H,3-4,9,12H2,1-2H3,(H,25,27). The molecular formula is C21H21F3N2O7. The zero-order valence-electron chi connectivity index (χ0n) is 17.7. The van der Waals surface area contributed by atoms with E-state index in [1.807, 2.05) is 12.2 Å². The lowest BCUT2D eigenvalue weighted by Crippen LogP contribution is -2.23. The van der Waals surface area contributed by atoms with E-state index in [0.29, 0.717) is 18.4 Å². The molecule has 0 bridgehead atoms. The van der Waals surface area contributed by atoms with E-state index in [2.05, 4.69) is 0 Å². The molecule has 0 aliphatic rings. The van der Waals surface area contributed by atoms with Gasteiger partial charge in [0.1, 0.15) is 0 Å². The van der Waals surface area contributed by atoms with Crippen molar-refractivity contribution in [3.8, 4) is 11.5 Å². The lowest BCUT2D eigenvalue weighted by atomic mass is 10.1. The zero-order chi connectivity index (χ0) is 24.6. The van der Waals surface area contributed by atoms with Gasteiger partial charge in [-0.25, -0.2) is 4.79 Å². The van der Waals surface area contributed by atoms with Gasteiger partial charge in [-0.05, 0) is 30.7 Å². The summed E-state index contributed by atoms with van der Waals surface area (Å²) >= 11 is 0. The molecule has 0 aliphatic carbocycles. The molecule has 0 saturated carbocycles. The molecule has 12 heteroatoms. The van der Waals surface area contributed by atoms with Gasteiger partial charge in [-0.1, -0.05) is 13.3 Å². The molecule has 0 unspecified atom stereocenters. The minimum absolute atomic E-state index is 0.0359. The molecule has 1 N–H and O–H groups in total. The van der Waals surface area contributed by atoms with E-state index in [1.54, 1.807) is 0 Å². The van der Waals surface area contributed by atoms with E-state index in [0.717, 1.165) is 25.0 Å². The van der Waals surface area contributed by atoms with Crippen LogP contribution in [0.4, 0.5) is 24.5 Å². The van der Waals surface area contributed by atoms with Crippen molar-refractivity contribution in [3.05, 3.63) is 57.6 Å². The fraction of sp³-hybridized carbons (Fsp3) is 0.333. The average molecular weight is 470 g/mol. The molecule has 178 valence electrons. The number of benzene rings is 2. The summed E-state index contributed by atoms with van der Waals surface area (Å²) in [5.41, 5.74) is -2.86. The van der Waals surface area contributed by atoms with Gasteiger partial charge in [0, 0.05) is 12.1 Å². The van der Waals surface area contributed by atoms with Gasteiger partial charge in [0.15, 0.2) is 18.1 Å². The number of nitro groups is 1. The van der Waals surface area contributed by atoms with Gasteiger partial charge in [0.25, 0.3) is 11.6 Å². The minimum atomic E-state index is -4.96. The van der Waals surface area contributed by atoms with Crippen LogP contribution in [0.5, 0.6) is 11.5 Å². The molecule has 0 saturated heterocycles. The summed E-state index contributed by atoms with van der Waals surface area (Å²) in [5, 5.41) is 12.7. The predicted molar refractivity (Wildman–Crippen MR) is 110 cm³/mol. The number of rotatable bonds is 10. The van der Waals surface area contributed by atoms with Crippen LogP contribution < -0.4 is 14.8 Å². The molecule has 1 amide bonds. The van der Waals surface area contributed by atoms with Crippen molar-refractivity contribution in [3.63, 3.8) is 0 Å². The van der Waals surface area contributed by atoms with Crippen molar-refractivity contribution in [2.24, 2.45) is 0 Å². The molecule has 0 radical (unpaired) electrons. The predicted octanol–water partition coefficient (Wildman–Crippen LogP) is 4.60. The summed E-state index contributed by atoms with van der Waals surface area (Å²) in [6, 6.07) is 6.10. The monoisotopic (exact) mass is 470 g/mol. The van der Waals surface area contributed by atoms with Crippen LogP contribution in [0.2, 0.25) is 0 Å². The molecule has 2 aromatic rings. The molecule has 9 nitrogen and oxygen atoms in total. The number of hydrogen-bond acceptors (Lipinski definition) is 7. The highest BCUT2D eigenvalue weighted by atomic mass is 19.4. The number of halogens is 3. The van der Waals surface area contributed by atoms with E-state index in [-0.39, 0.29) is 11.3 Å². The van der Waals surface area contributed by atoms with Crippen LogP contribution in [0.3, 0.4) is 0 Å². The summed E-state index contributed by atoms with van der Waals surface area (Å²) < 4.78 is 55.2. The first-order chi connectivity index (χ1) is 15.6. The van der Waals surface area contributed by atoms with Crippen molar-refractivity contribution in [2.75, 3.05) is 25.6 Å². The number of nitrogens with zero attached hydrogens (tertiary/aromatic N) is 1. The second-order valence-corrected chi connectivity index (χ2v) is 6.68.